The molecule has 1 fully saturated rings. The smallest absolute Gasteiger partial charge is 0.309 e. The number of esters is 1. The summed E-state index contributed by atoms with van der Waals surface area (Å²) in [5.74, 6) is 11.9. The summed E-state index contributed by atoms with van der Waals surface area (Å²) >= 11 is 0. The third-order valence-electron chi connectivity index (χ3n) is 4.77. The van der Waals surface area contributed by atoms with Crippen LogP contribution < -0.4 is 0 Å². The average Bonchev–Trinajstić information content (AvgIpc) is 3.01. The molecule has 0 N–H and O–H groups in total. The van der Waals surface area contributed by atoms with Gasteiger partial charge in [-0.2, -0.15) is 0 Å². The highest BCUT2D eigenvalue weighted by Crippen LogP contribution is 2.26. The molecule has 1 aliphatic rings. The predicted octanol–water partition coefficient (Wildman–Crippen LogP) is 5.44. The van der Waals surface area contributed by atoms with Gasteiger partial charge < -0.3 is 9.47 Å². The van der Waals surface area contributed by atoms with E-state index in [9.17, 15) is 4.79 Å². The minimum atomic E-state index is -0.0322. The Balaban J connectivity index is 1.92. The van der Waals surface area contributed by atoms with Crippen molar-refractivity contribution in [1.82, 2.24) is 0 Å². The van der Waals surface area contributed by atoms with Gasteiger partial charge in [0.1, 0.15) is 6.10 Å². The fourth-order valence-electron chi connectivity index (χ4n) is 3.21. The number of allylic oxidation sites excluding steroid dienone is 2. The number of hydrogen-bond acceptors (Lipinski definition) is 3. The standard InChI is InChI=1S/C24H36O3/c1-3-4-5-6-7-8-9-10-11-12-13-14-15-16-17-18-19-22-20-23(21-26-2)27-24(22)25/h6-7,22-23H,3-5,12-21H2,1-2H3/t22-,23+/m1/s1. The van der Waals surface area contributed by atoms with Gasteiger partial charge in [-0.05, 0) is 43.6 Å². The molecule has 0 aromatic heterocycles. The van der Waals surface area contributed by atoms with Crippen molar-refractivity contribution in [1.29, 1.82) is 0 Å². The van der Waals surface area contributed by atoms with Crippen LogP contribution in [0.1, 0.15) is 84.0 Å². The summed E-state index contributed by atoms with van der Waals surface area (Å²) in [5, 5.41) is 0. The minimum absolute atomic E-state index is 0.0321. The number of cyclic esters (lactones) is 1. The summed E-state index contributed by atoms with van der Waals surface area (Å²) in [6, 6.07) is 0. The maximum Gasteiger partial charge on any atom is 0.309 e. The Morgan fingerprint density at radius 2 is 1.89 bits per heavy atom. The molecule has 1 saturated heterocycles. The Bertz CT molecular complexity index is 541. The summed E-state index contributed by atoms with van der Waals surface area (Å²) in [4.78, 5) is 11.7. The van der Waals surface area contributed by atoms with Crippen molar-refractivity contribution in [2.75, 3.05) is 13.7 Å². The fourth-order valence-corrected chi connectivity index (χ4v) is 3.21. The van der Waals surface area contributed by atoms with E-state index in [1.54, 1.807) is 7.11 Å². The second kappa shape index (κ2) is 16.5. The zero-order chi connectivity index (χ0) is 19.6. The largest absolute Gasteiger partial charge is 0.460 e. The molecule has 2 atom stereocenters. The van der Waals surface area contributed by atoms with Gasteiger partial charge in [0.25, 0.3) is 0 Å². The molecule has 0 saturated carbocycles. The molecule has 0 amide bonds. The first-order chi connectivity index (χ1) is 13.3. The van der Waals surface area contributed by atoms with E-state index < -0.39 is 0 Å². The molecule has 1 aliphatic heterocycles. The van der Waals surface area contributed by atoms with Crippen molar-refractivity contribution in [3.8, 4) is 23.7 Å². The summed E-state index contributed by atoms with van der Waals surface area (Å²) in [5.41, 5.74) is 0. The molecule has 27 heavy (non-hydrogen) atoms. The average molecular weight is 373 g/mol. The van der Waals surface area contributed by atoms with Gasteiger partial charge >= 0.3 is 5.97 Å². The van der Waals surface area contributed by atoms with Crippen LogP contribution >= 0.6 is 0 Å². The van der Waals surface area contributed by atoms with Crippen molar-refractivity contribution in [3.05, 3.63) is 12.2 Å². The van der Waals surface area contributed by atoms with Gasteiger partial charge in [0.2, 0.25) is 0 Å². The normalized spacial score (nSPS) is 18.7. The molecule has 1 rings (SSSR count). The second-order valence-electron chi connectivity index (χ2n) is 7.22. The first kappa shape index (κ1) is 23.3. The van der Waals surface area contributed by atoms with Crippen LogP contribution in [0.3, 0.4) is 0 Å². The summed E-state index contributed by atoms with van der Waals surface area (Å²) in [7, 11) is 1.65. The first-order valence-corrected chi connectivity index (χ1v) is 10.6. The molecule has 0 radical (unpaired) electrons. The van der Waals surface area contributed by atoms with Crippen LogP contribution in [0, 0.1) is 29.6 Å². The van der Waals surface area contributed by atoms with E-state index in [2.05, 4.69) is 36.7 Å². The Labute approximate surface area is 166 Å². The monoisotopic (exact) mass is 372 g/mol. The number of unbranched alkanes of at least 4 members (excludes halogenated alkanes) is 8. The third kappa shape index (κ3) is 12.3. The maximum atomic E-state index is 11.7. The Kier molecular flexibility index (Phi) is 14.2. The first-order valence-electron chi connectivity index (χ1n) is 10.6. The molecular weight excluding hydrogens is 336 g/mol. The van der Waals surface area contributed by atoms with E-state index in [1.807, 2.05) is 6.08 Å². The molecule has 1 heterocycles. The van der Waals surface area contributed by atoms with Crippen molar-refractivity contribution < 1.29 is 14.3 Å². The lowest BCUT2D eigenvalue weighted by atomic mass is 9.97. The second-order valence-corrected chi connectivity index (χ2v) is 7.22. The SMILES string of the molecule is CCCCC=CC#CC#CCCCCCCCC[C@@H]1C[C@@H](COC)OC1=O. The molecule has 3 nitrogen and oxygen atoms in total. The number of hydrogen-bond donors (Lipinski definition) is 0. The van der Waals surface area contributed by atoms with Crippen molar-refractivity contribution in [2.24, 2.45) is 5.92 Å². The number of methoxy groups -OCH3 is 1. The van der Waals surface area contributed by atoms with Gasteiger partial charge in [-0.25, -0.2) is 0 Å². The zero-order valence-electron chi connectivity index (χ0n) is 17.2. The van der Waals surface area contributed by atoms with Crippen LogP contribution in [-0.4, -0.2) is 25.8 Å². The van der Waals surface area contributed by atoms with E-state index in [-0.39, 0.29) is 18.0 Å². The summed E-state index contributed by atoms with van der Waals surface area (Å²) in [6.07, 6.45) is 17.4. The number of carbonyl (C=O) groups is 1. The molecule has 0 spiro atoms. The molecule has 0 aliphatic carbocycles. The lowest BCUT2D eigenvalue weighted by molar-refractivity contribution is -0.145. The van der Waals surface area contributed by atoms with Crippen LogP contribution in [0.25, 0.3) is 0 Å². The highest BCUT2D eigenvalue weighted by Gasteiger charge is 2.33. The molecule has 0 bridgehead atoms. The van der Waals surface area contributed by atoms with Crippen molar-refractivity contribution in [3.63, 3.8) is 0 Å². The predicted molar refractivity (Wildman–Crippen MR) is 111 cm³/mol. The Hall–Kier alpha value is -1.71. The lowest BCUT2D eigenvalue weighted by Gasteiger charge is -2.06. The quantitative estimate of drug-likeness (QED) is 0.245. The van der Waals surface area contributed by atoms with E-state index in [0.29, 0.717) is 6.61 Å². The lowest BCUT2D eigenvalue weighted by Crippen LogP contribution is -2.13. The maximum absolute atomic E-state index is 11.7. The number of ether oxygens (including phenoxy) is 2. The molecule has 0 aromatic carbocycles. The highest BCUT2D eigenvalue weighted by molar-refractivity contribution is 5.74. The number of carbonyl (C=O) groups excluding carboxylic acids is 1. The van der Waals surface area contributed by atoms with Gasteiger partial charge in [-0.3, -0.25) is 4.79 Å². The topological polar surface area (TPSA) is 35.5 Å². The summed E-state index contributed by atoms with van der Waals surface area (Å²) < 4.78 is 10.4. The molecule has 0 aromatic rings. The molecule has 3 heteroatoms. The van der Waals surface area contributed by atoms with Crippen LogP contribution in [-0.2, 0) is 14.3 Å². The van der Waals surface area contributed by atoms with E-state index in [1.165, 1.54) is 38.5 Å². The van der Waals surface area contributed by atoms with Crippen LogP contribution in [0.15, 0.2) is 12.2 Å². The molecule has 0 unspecified atom stereocenters. The van der Waals surface area contributed by atoms with E-state index in [4.69, 9.17) is 9.47 Å². The van der Waals surface area contributed by atoms with Crippen LogP contribution in [0.5, 0.6) is 0 Å². The van der Waals surface area contributed by atoms with Gasteiger partial charge in [-0.15, -0.1) is 0 Å². The van der Waals surface area contributed by atoms with Crippen LogP contribution in [0.4, 0.5) is 0 Å². The Morgan fingerprint density at radius 3 is 2.67 bits per heavy atom. The van der Waals surface area contributed by atoms with Crippen molar-refractivity contribution in [2.45, 2.75) is 90.1 Å². The molecule has 150 valence electrons. The van der Waals surface area contributed by atoms with E-state index in [0.717, 1.165) is 38.5 Å². The van der Waals surface area contributed by atoms with Gasteiger partial charge in [0.05, 0.1) is 12.5 Å². The van der Waals surface area contributed by atoms with Gasteiger partial charge in [0.15, 0.2) is 0 Å². The van der Waals surface area contributed by atoms with Gasteiger partial charge in [-0.1, -0.05) is 69.8 Å². The fraction of sp³-hybridized carbons (Fsp3) is 0.708. The zero-order valence-corrected chi connectivity index (χ0v) is 17.2. The molecular formula is C24H36O3. The number of rotatable bonds is 13. The Morgan fingerprint density at radius 1 is 1.11 bits per heavy atom. The third-order valence-corrected chi connectivity index (χ3v) is 4.77. The van der Waals surface area contributed by atoms with E-state index >= 15 is 0 Å². The van der Waals surface area contributed by atoms with Crippen molar-refractivity contribution >= 4 is 5.97 Å². The minimum Gasteiger partial charge on any atom is -0.460 e. The van der Waals surface area contributed by atoms with Gasteiger partial charge in [0, 0.05) is 13.5 Å². The summed E-state index contributed by atoms with van der Waals surface area (Å²) in [6.45, 7) is 2.71. The van der Waals surface area contributed by atoms with Crippen LogP contribution in [0.2, 0.25) is 0 Å². The highest BCUT2D eigenvalue weighted by atomic mass is 16.6.